The number of amides is 1. The topological polar surface area (TPSA) is 63.2 Å². The second kappa shape index (κ2) is 7.58. The molecule has 0 saturated heterocycles. The quantitative estimate of drug-likeness (QED) is 0.869. The van der Waals surface area contributed by atoms with Gasteiger partial charge in [-0.05, 0) is 54.7 Å². The van der Waals surface area contributed by atoms with Crippen molar-refractivity contribution in [1.29, 1.82) is 0 Å². The van der Waals surface area contributed by atoms with Gasteiger partial charge in [-0.25, -0.2) is 8.42 Å². The highest BCUT2D eigenvalue weighted by Gasteiger charge is 2.23. The summed E-state index contributed by atoms with van der Waals surface area (Å²) in [7, 11) is -3.66. The maximum atomic E-state index is 12.3. The Morgan fingerprint density at radius 1 is 1.12 bits per heavy atom. The fourth-order valence-electron chi connectivity index (χ4n) is 3.25. The lowest BCUT2D eigenvalue weighted by Gasteiger charge is -2.25. The number of hydrogen-bond acceptors (Lipinski definition) is 3. The summed E-state index contributed by atoms with van der Waals surface area (Å²) in [5.41, 5.74) is 2.58. The van der Waals surface area contributed by atoms with Crippen molar-refractivity contribution in [3.63, 3.8) is 0 Å². The van der Waals surface area contributed by atoms with E-state index >= 15 is 0 Å². The first kappa shape index (κ1) is 18.0. The van der Waals surface area contributed by atoms with Gasteiger partial charge < -0.3 is 5.32 Å². The molecule has 2 aromatic carbocycles. The average Bonchev–Trinajstić information content (AvgIpc) is 2.60. The lowest BCUT2D eigenvalue weighted by atomic mass is 9.83. The maximum absolute atomic E-state index is 12.3. The summed E-state index contributed by atoms with van der Waals surface area (Å²) in [5.74, 6) is -0.784. The molecule has 1 atom stereocenters. The van der Waals surface area contributed by atoms with Crippen molar-refractivity contribution in [3.05, 3.63) is 64.7 Å². The van der Waals surface area contributed by atoms with Gasteiger partial charge in [-0.3, -0.25) is 4.79 Å². The summed E-state index contributed by atoms with van der Waals surface area (Å²) in [6.45, 7) is 0.464. The summed E-state index contributed by atoms with van der Waals surface area (Å²) in [6, 6.07) is 14.1. The monoisotopic (exact) mass is 377 g/mol. The molecule has 0 radical (unpaired) electrons. The SMILES string of the molecule is O=C(CS(=O)(=O)c1ccc(Cl)cc1)NCC1CCCc2ccccc21. The average molecular weight is 378 g/mol. The van der Waals surface area contributed by atoms with E-state index in [-0.39, 0.29) is 10.8 Å². The minimum atomic E-state index is -3.66. The molecule has 3 rings (SSSR count). The molecule has 0 saturated carbocycles. The Kier molecular flexibility index (Phi) is 5.45. The van der Waals surface area contributed by atoms with Gasteiger partial charge >= 0.3 is 0 Å². The maximum Gasteiger partial charge on any atom is 0.235 e. The number of carbonyl (C=O) groups excluding carboxylic acids is 1. The van der Waals surface area contributed by atoms with Gasteiger partial charge in [0.15, 0.2) is 9.84 Å². The second-order valence-electron chi connectivity index (χ2n) is 6.31. The lowest BCUT2D eigenvalue weighted by Crippen LogP contribution is -2.34. The highest BCUT2D eigenvalue weighted by Crippen LogP contribution is 2.30. The molecule has 132 valence electrons. The van der Waals surface area contributed by atoms with Crippen LogP contribution in [-0.2, 0) is 21.1 Å². The van der Waals surface area contributed by atoms with Gasteiger partial charge in [0.2, 0.25) is 5.91 Å². The largest absolute Gasteiger partial charge is 0.355 e. The van der Waals surface area contributed by atoms with Crippen molar-refractivity contribution < 1.29 is 13.2 Å². The summed E-state index contributed by atoms with van der Waals surface area (Å²) >= 11 is 5.77. The van der Waals surface area contributed by atoms with E-state index in [1.807, 2.05) is 12.1 Å². The smallest absolute Gasteiger partial charge is 0.235 e. The predicted octanol–water partition coefficient (Wildman–Crippen LogP) is 3.35. The molecule has 0 aliphatic heterocycles. The van der Waals surface area contributed by atoms with Gasteiger partial charge in [0, 0.05) is 17.5 Å². The number of sulfone groups is 1. The van der Waals surface area contributed by atoms with Gasteiger partial charge in [0.1, 0.15) is 5.75 Å². The number of nitrogens with one attached hydrogen (secondary N) is 1. The molecular formula is C19H20ClNO3S. The van der Waals surface area contributed by atoms with Gasteiger partial charge in [-0.2, -0.15) is 0 Å². The van der Waals surface area contributed by atoms with Crippen molar-refractivity contribution in [3.8, 4) is 0 Å². The molecule has 0 spiro atoms. The van der Waals surface area contributed by atoms with E-state index in [0.29, 0.717) is 11.6 Å². The number of halogens is 1. The Bertz CT molecular complexity index is 862. The van der Waals surface area contributed by atoms with E-state index in [0.717, 1.165) is 19.3 Å². The molecule has 2 aromatic rings. The van der Waals surface area contributed by atoms with E-state index in [4.69, 9.17) is 11.6 Å². The number of carbonyl (C=O) groups is 1. The molecule has 0 aromatic heterocycles. The Hall–Kier alpha value is -1.85. The third-order valence-electron chi connectivity index (χ3n) is 4.53. The molecule has 0 fully saturated rings. The third kappa shape index (κ3) is 4.41. The van der Waals surface area contributed by atoms with E-state index < -0.39 is 21.5 Å². The molecule has 1 N–H and O–H groups in total. The van der Waals surface area contributed by atoms with Crippen LogP contribution >= 0.6 is 11.6 Å². The van der Waals surface area contributed by atoms with E-state index in [1.165, 1.54) is 35.4 Å². The number of fused-ring (bicyclic) bond motifs is 1. The van der Waals surface area contributed by atoms with Crippen LogP contribution in [-0.4, -0.2) is 26.6 Å². The molecule has 1 aliphatic carbocycles. The van der Waals surface area contributed by atoms with Crippen LogP contribution in [0.2, 0.25) is 5.02 Å². The lowest BCUT2D eigenvalue weighted by molar-refractivity contribution is -0.118. The van der Waals surface area contributed by atoms with E-state index in [1.54, 1.807) is 0 Å². The van der Waals surface area contributed by atoms with Gasteiger partial charge in [0.05, 0.1) is 4.90 Å². The number of hydrogen-bond donors (Lipinski definition) is 1. The summed E-state index contributed by atoms with van der Waals surface area (Å²) < 4.78 is 24.6. The first-order valence-electron chi connectivity index (χ1n) is 8.28. The van der Waals surface area contributed by atoms with Crippen molar-refractivity contribution in [2.24, 2.45) is 0 Å². The van der Waals surface area contributed by atoms with Gasteiger partial charge in [-0.1, -0.05) is 35.9 Å². The first-order valence-corrected chi connectivity index (χ1v) is 10.3. The van der Waals surface area contributed by atoms with Crippen molar-refractivity contribution >= 4 is 27.3 Å². The highest BCUT2D eigenvalue weighted by molar-refractivity contribution is 7.92. The molecule has 0 heterocycles. The zero-order chi connectivity index (χ0) is 17.9. The Morgan fingerprint density at radius 2 is 1.84 bits per heavy atom. The van der Waals surface area contributed by atoms with Crippen LogP contribution in [0.4, 0.5) is 0 Å². The molecule has 0 bridgehead atoms. The van der Waals surface area contributed by atoms with Crippen LogP contribution in [0.25, 0.3) is 0 Å². The molecule has 1 amide bonds. The van der Waals surface area contributed by atoms with Gasteiger partial charge in [0.25, 0.3) is 0 Å². The second-order valence-corrected chi connectivity index (χ2v) is 8.73. The molecule has 25 heavy (non-hydrogen) atoms. The zero-order valence-electron chi connectivity index (χ0n) is 13.7. The summed E-state index contributed by atoms with van der Waals surface area (Å²) in [6.07, 6.45) is 3.15. The molecule has 4 nitrogen and oxygen atoms in total. The highest BCUT2D eigenvalue weighted by atomic mass is 35.5. The van der Waals surface area contributed by atoms with Crippen molar-refractivity contribution in [2.75, 3.05) is 12.3 Å². The number of aryl methyl sites for hydroxylation is 1. The van der Waals surface area contributed by atoms with Crippen LogP contribution in [0.1, 0.15) is 29.9 Å². The number of benzene rings is 2. The first-order chi connectivity index (χ1) is 12.0. The van der Waals surface area contributed by atoms with Crippen molar-refractivity contribution in [2.45, 2.75) is 30.1 Å². The van der Waals surface area contributed by atoms with E-state index in [9.17, 15) is 13.2 Å². The van der Waals surface area contributed by atoms with Gasteiger partial charge in [-0.15, -0.1) is 0 Å². The Balaban J connectivity index is 1.61. The van der Waals surface area contributed by atoms with Crippen LogP contribution in [0, 0.1) is 0 Å². The normalized spacial score (nSPS) is 16.9. The Morgan fingerprint density at radius 3 is 2.60 bits per heavy atom. The van der Waals surface area contributed by atoms with E-state index in [2.05, 4.69) is 17.4 Å². The summed E-state index contributed by atoms with van der Waals surface area (Å²) in [4.78, 5) is 12.2. The zero-order valence-corrected chi connectivity index (χ0v) is 15.3. The summed E-state index contributed by atoms with van der Waals surface area (Å²) in [5, 5.41) is 3.24. The Labute approximate surface area is 153 Å². The molecular weight excluding hydrogens is 358 g/mol. The third-order valence-corrected chi connectivity index (χ3v) is 6.42. The minimum absolute atomic E-state index is 0.107. The number of rotatable bonds is 5. The predicted molar refractivity (Wildman–Crippen MR) is 98.6 cm³/mol. The minimum Gasteiger partial charge on any atom is -0.355 e. The molecule has 1 aliphatic rings. The fourth-order valence-corrected chi connectivity index (χ4v) is 4.54. The fraction of sp³-hybridized carbons (Fsp3) is 0.316. The molecule has 6 heteroatoms. The molecule has 1 unspecified atom stereocenters. The van der Waals surface area contributed by atoms with Crippen LogP contribution < -0.4 is 5.32 Å². The van der Waals surface area contributed by atoms with Crippen molar-refractivity contribution in [1.82, 2.24) is 5.32 Å². The standard InChI is InChI=1S/C19H20ClNO3S/c20-16-8-10-17(11-9-16)25(23,24)13-19(22)21-12-15-6-3-5-14-4-1-2-7-18(14)15/h1-2,4,7-11,15H,3,5-6,12-13H2,(H,21,22). The van der Waals surface area contributed by atoms with Crippen LogP contribution in [0.3, 0.4) is 0 Å². The van der Waals surface area contributed by atoms with Crippen LogP contribution in [0.15, 0.2) is 53.4 Å². The van der Waals surface area contributed by atoms with Crippen LogP contribution in [0.5, 0.6) is 0 Å².